The first-order valence-corrected chi connectivity index (χ1v) is 8.79. The molecule has 2 N–H and O–H groups in total. The highest BCUT2D eigenvalue weighted by molar-refractivity contribution is 9.10. The van der Waals surface area contributed by atoms with Gasteiger partial charge in [-0.1, -0.05) is 18.2 Å². The number of carbonyl (C=O) groups is 1. The Kier molecular flexibility index (Phi) is 4.92. The van der Waals surface area contributed by atoms with Crippen LogP contribution in [0.3, 0.4) is 0 Å². The normalized spacial score (nSPS) is 11.8. The van der Waals surface area contributed by atoms with Crippen molar-refractivity contribution < 1.29 is 9.90 Å². The molecule has 26 heavy (non-hydrogen) atoms. The molecule has 130 valence electrons. The second-order valence-corrected chi connectivity index (χ2v) is 6.92. The molecule has 3 rings (SSSR count). The summed E-state index contributed by atoms with van der Waals surface area (Å²) in [5, 5.41) is 22.8. The summed E-state index contributed by atoms with van der Waals surface area (Å²) in [6, 6.07) is 14.6. The lowest BCUT2D eigenvalue weighted by molar-refractivity contribution is 0.0698. The number of fused-ring (bicyclic) bond motifs is 1. The number of aryl methyl sites for hydroxylation is 1. The maximum absolute atomic E-state index is 11.4. The third kappa shape index (κ3) is 3.39. The minimum Gasteiger partial charge on any atom is -0.478 e. The molecule has 0 aliphatic heterocycles. The number of hydrogen-bond donors (Lipinski definition) is 2. The van der Waals surface area contributed by atoms with Gasteiger partial charge in [-0.15, -0.1) is 0 Å². The summed E-state index contributed by atoms with van der Waals surface area (Å²) in [5.74, 6) is -0.975. The number of carboxylic acid groups (broad SMARTS) is 1. The number of halogens is 1. The minimum absolute atomic E-state index is 0.153. The smallest absolute Gasteiger partial charge is 0.337 e. The second-order valence-electron chi connectivity index (χ2n) is 6.07. The van der Waals surface area contributed by atoms with Gasteiger partial charge >= 0.3 is 5.97 Å². The Labute approximate surface area is 159 Å². The molecule has 6 heteroatoms. The van der Waals surface area contributed by atoms with E-state index in [1.807, 2.05) is 32.0 Å². The van der Waals surface area contributed by atoms with Crippen molar-refractivity contribution in [1.82, 2.24) is 4.98 Å². The molecule has 0 aliphatic rings. The highest BCUT2D eigenvalue weighted by atomic mass is 79.9. The number of benzene rings is 2. The van der Waals surface area contributed by atoms with Gasteiger partial charge in [-0.2, -0.15) is 5.26 Å². The fourth-order valence-electron chi connectivity index (χ4n) is 2.97. The molecule has 0 aliphatic carbocycles. The van der Waals surface area contributed by atoms with Crippen LogP contribution in [-0.2, 0) is 0 Å². The molecular formula is C20H16BrN3O2. The van der Waals surface area contributed by atoms with Gasteiger partial charge in [-0.25, -0.2) is 9.78 Å². The van der Waals surface area contributed by atoms with Crippen molar-refractivity contribution in [2.45, 2.75) is 19.9 Å². The van der Waals surface area contributed by atoms with Crippen molar-refractivity contribution in [3.63, 3.8) is 0 Å². The molecule has 1 heterocycles. The van der Waals surface area contributed by atoms with Gasteiger partial charge < -0.3 is 10.4 Å². The first-order chi connectivity index (χ1) is 12.4. The van der Waals surface area contributed by atoms with E-state index in [2.05, 4.69) is 32.3 Å². The van der Waals surface area contributed by atoms with Gasteiger partial charge in [0.2, 0.25) is 0 Å². The van der Waals surface area contributed by atoms with Crippen LogP contribution in [0.5, 0.6) is 0 Å². The SMILES string of the molecule is Cc1cc([C@H](C)Nc2ccccc2C(=O)O)c2cc(Br)c(C#N)nc2c1. The predicted octanol–water partition coefficient (Wildman–Crippen LogP) is 5.05. The molecule has 0 unspecified atom stereocenters. The van der Waals surface area contributed by atoms with E-state index in [-0.39, 0.29) is 11.6 Å². The van der Waals surface area contributed by atoms with E-state index >= 15 is 0 Å². The van der Waals surface area contributed by atoms with Gasteiger partial charge in [-0.3, -0.25) is 0 Å². The molecule has 3 aromatic rings. The van der Waals surface area contributed by atoms with E-state index < -0.39 is 5.97 Å². The van der Waals surface area contributed by atoms with Gasteiger partial charge in [0.05, 0.1) is 15.6 Å². The highest BCUT2D eigenvalue weighted by Gasteiger charge is 2.16. The van der Waals surface area contributed by atoms with Gasteiger partial charge in [0.25, 0.3) is 0 Å². The van der Waals surface area contributed by atoms with Crippen molar-refractivity contribution in [2.75, 3.05) is 5.32 Å². The maximum atomic E-state index is 11.4. The molecular weight excluding hydrogens is 394 g/mol. The van der Waals surface area contributed by atoms with Gasteiger partial charge in [0, 0.05) is 17.1 Å². The number of nitriles is 1. The number of hydrogen-bond acceptors (Lipinski definition) is 4. The van der Waals surface area contributed by atoms with E-state index in [0.717, 1.165) is 22.0 Å². The summed E-state index contributed by atoms with van der Waals surface area (Å²) in [7, 11) is 0. The summed E-state index contributed by atoms with van der Waals surface area (Å²) >= 11 is 3.39. The number of nitrogens with zero attached hydrogens (tertiary/aromatic N) is 2. The number of aromatic nitrogens is 1. The molecule has 0 bridgehead atoms. The topological polar surface area (TPSA) is 86.0 Å². The Hall–Kier alpha value is -2.91. The summed E-state index contributed by atoms with van der Waals surface area (Å²) < 4.78 is 0.635. The van der Waals surface area contributed by atoms with Crippen molar-refractivity contribution in [1.29, 1.82) is 5.26 Å². The van der Waals surface area contributed by atoms with E-state index in [0.29, 0.717) is 15.9 Å². The standard InChI is InChI=1S/C20H16BrN3O2/c1-11-7-14(15-9-16(21)19(10-22)24-18(15)8-11)12(2)23-17-6-4-3-5-13(17)20(25)26/h3-9,12,23H,1-2H3,(H,25,26)/t12-/m0/s1. The Bertz CT molecular complexity index is 1060. The first-order valence-electron chi connectivity index (χ1n) is 8.00. The molecule has 0 saturated carbocycles. The zero-order valence-electron chi connectivity index (χ0n) is 14.2. The molecule has 2 aromatic carbocycles. The average molecular weight is 410 g/mol. The molecule has 5 nitrogen and oxygen atoms in total. The largest absolute Gasteiger partial charge is 0.478 e. The van der Waals surface area contributed by atoms with E-state index in [9.17, 15) is 15.2 Å². The number of carboxylic acids is 1. The van der Waals surface area contributed by atoms with Crippen molar-refractivity contribution in [2.24, 2.45) is 0 Å². The van der Waals surface area contributed by atoms with E-state index in [1.54, 1.807) is 24.3 Å². The number of nitrogens with one attached hydrogen (secondary N) is 1. The number of pyridine rings is 1. The third-order valence-electron chi connectivity index (χ3n) is 4.17. The number of rotatable bonds is 4. The number of para-hydroxylation sites is 1. The van der Waals surface area contributed by atoms with Crippen LogP contribution in [0.1, 0.15) is 40.1 Å². The van der Waals surface area contributed by atoms with Crippen LogP contribution in [0.15, 0.2) is 46.9 Å². The van der Waals surface area contributed by atoms with Crippen LogP contribution in [0.25, 0.3) is 10.9 Å². The quantitative estimate of drug-likeness (QED) is 0.629. The molecule has 0 radical (unpaired) electrons. The Morgan fingerprint density at radius 3 is 2.73 bits per heavy atom. The summed E-state index contributed by atoms with van der Waals surface area (Å²) in [5.41, 5.74) is 3.86. The van der Waals surface area contributed by atoms with Crippen LogP contribution < -0.4 is 5.32 Å². The van der Waals surface area contributed by atoms with Crippen LogP contribution in [0.2, 0.25) is 0 Å². The lowest BCUT2D eigenvalue weighted by atomic mass is 9.98. The van der Waals surface area contributed by atoms with Crippen molar-refractivity contribution in [3.05, 3.63) is 69.3 Å². The molecule has 1 aromatic heterocycles. The highest BCUT2D eigenvalue weighted by Crippen LogP contribution is 2.31. The maximum Gasteiger partial charge on any atom is 0.337 e. The third-order valence-corrected chi connectivity index (χ3v) is 4.77. The Balaban J connectivity index is 2.09. The van der Waals surface area contributed by atoms with Crippen LogP contribution in [0, 0.1) is 18.3 Å². The lowest BCUT2D eigenvalue weighted by Crippen LogP contribution is -2.11. The molecule has 1 atom stereocenters. The fourth-order valence-corrected chi connectivity index (χ4v) is 3.37. The lowest BCUT2D eigenvalue weighted by Gasteiger charge is -2.20. The molecule has 0 saturated heterocycles. The number of anilines is 1. The Morgan fingerprint density at radius 1 is 1.31 bits per heavy atom. The van der Waals surface area contributed by atoms with Crippen molar-refractivity contribution >= 4 is 38.5 Å². The summed E-state index contributed by atoms with van der Waals surface area (Å²) in [6.07, 6.45) is 0. The first kappa shape index (κ1) is 17.9. The average Bonchev–Trinajstić information content (AvgIpc) is 2.61. The van der Waals surface area contributed by atoms with Crippen LogP contribution in [0.4, 0.5) is 5.69 Å². The van der Waals surface area contributed by atoms with Crippen LogP contribution in [-0.4, -0.2) is 16.1 Å². The fraction of sp³-hybridized carbons (Fsp3) is 0.150. The Morgan fingerprint density at radius 2 is 2.04 bits per heavy atom. The molecule has 0 fully saturated rings. The molecule has 0 spiro atoms. The predicted molar refractivity (Wildman–Crippen MR) is 104 cm³/mol. The second kappa shape index (κ2) is 7.14. The van der Waals surface area contributed by atoms with Gasteiger partial charge in [0.1, 0.15) is 6.07 Å². The number of aromatic carboxylic acids is 1. The zero-order valence-corrected chi connectivity index (χ0v) is 15.8. The molecule has 0 amide bonds. The minimum atomic E-state index is -0.975. The van der Waals surface area contributed by atoms with Gasteiger partial charge in [-0.05, 0) is 65.2 Å². The zero-order chi connectivity index (χ0) is 18.8. The van der Waals surface area contributed by atoms with Crippen LogP contribution >= 0.6 is 15.9 Å². The van der Waals surface area contributed by atoms with Crippen molar-refractivity contribution in [3.8, 4) is 6.07 Å². The van der Waals surface area contributed by atoms with E-state index in [1.165, 1.54) is 0 Å². The monoisotopic (exact) mass is 409 g/mol. The summed E-state index contributed by atoms with van der Waals surface area (Å²) in [4.78, 5) is 15.9. The van der Waals surface area contributed by atoms with E-state index in [4.69, 9.17) is 0 Å². The van der Waals surface area contributed by atoms with Gasteiger partial charge in [0.15, 0.2) is 5.69 Å². The summed E-state index contributed by atoms with van der Waals surface area (Å²) in [6.45, 7) is 3.94.